The summed E-state index contributed by atoms with van der Waals surface area (Å²) in [6, 6.07) is 22.0. The lowest BCUT2D eigenvalue weighted by Crippen LogP contribution is -2.14. The van der Waals surface area contributed by atoms with Crippen molar-refractivity contribution < 1.29 is 13.2 Å². The molecule has 0 radical (unpaired) electrons. The molecule has 15 nitrogen and oxygen atoms in total. The van der Waals surface area contributed by atoms with Gasteiger partial charge in [0.25, 0.3) is 11.1 Å². The third-order valence-corrected chi connectivity index (χ3v) is 15.2. The van der Waals surface area contributed by atoms with Gasteiger partial charge in [0.2, 0.25) is 5.95 Å². The van der Waals surface area contributed by atoms with Crippen LogP contribution in [0.1, 0.15) is 63.5 Å². The van der Waals surface area contributed by atoms with Gasteiger partial charge in [-0.2, -0.15) is 4.39 Å². The van der Waals surface area contributed by atoms with Crippen LogP contribution in [0.2, 0.25) is 10.0 Å². The maximum atomic E-state index is 14.5. The number of anilines is 8. The highest BCUT2D eigenvalue weighted by atomic mass is 79.9. The van der Waals surface area contributed by atoms with Crippen molar-refractivity contribution in [3.8, 4) is 22.3 Å². The van der Waals surface area contributed by atoms with Crippen LogP contribution in [-0.4, -0.2) is 39.9 Å². The molecule has 0 spiro atoms. The molecule has 412 valence electrons. The van der Waals surface area contributed by atoms with Crippen molar-refractivity contribution in [2.75, 3.05) is 27.4 Å². The number of nitrogens with zero attached hydrogens (tertiary/aromatic N) is 6. The standard InChI is InChI=1S/C23H19ClFN5OS.C14H12ClFN2O.C9H8BrN3S.C5H3BrFN.C4H6N2S/c1-12-11-27-23(32-12)29-20-9-15(6-7-26-20)28-19-10-17(16-8-14(24)4-5-18(16)25)22(31)30-21(19)13-2-3-13;15-8-3-4-11(16)9(5-8)10-6-12(17)13(7-1-2-7)18-14(10)19;1-6-5-12-9(14-6)13-8-4-7(10)2-3-11-8;6-4-1-2-8-5(7)3-4;1-3-2-6-4(5)7-3/h4-11,13H,2-3H2,1H3,(H,30,31)(H2,26,27,28,29);3-7H,1-2,17H2,(H,18,19);2-5H,1H3,(H,11,12,13);1-3H;2H,1H3,(H2,5,6). The van der Waals surface area contributed by atoms with E-state index in [1.54, 1.807) is 59.6 Å². The average molecular weight is 1310 g/mol. The fourth-order valence-corrected chi connectivity index (χ4v) is 10.3. The highest BCUT2D eigenvalue weighted by Crippen LogP contribution is 2.44. The van der Waals surface area contributed by atoms with Gasteiger partial charge in [0, 0.05) is 123 Å². The molecule has 8 heterocycles. The van der Waals surface area contributed by atoms with Crippen LogP contribution < -0.4 is 38.5 Å². The fourth-order valence-electron chi connectivity index (χ4n) is 7.42. The molecule has 9 N–H and O–H groups in total. The number of hydrogen-bond donors (Lipinski definition) is 7. The zero-order valence-corrected chi connectivity index (χ0v) is 49.7. The number of benzene rings is 2. The van der Waals surface area contributed by atoms with Gasteiger partial charge in [-0.3, -0.25) is 9.59 Å². The van der Waals surface area contributed by atoms with E-state index in [2.05, 4.69) is 87.7 Å². The largest absolute Gasteiger partial charge is 0.397 e. The second kappa shape index (κ2) is 27.5. The van der Waals surface area contributed by atoms with Crippen LogP contribution in [-0.2, 0) is 0 Å². The minimum Gasteiger partial charge on any atom is -0.397 e. The molecule has 2 fully saturated rings. The zero-order chi connectivity index (χ0) is 57.0. The molecule has 2 saturated carbocycles. The van der Waals surface area contributed by atoms with Crippen molar-refractivity contribution in [1.82, 2.24) is 39.9 Å². The zero-order valence-electron chi connectivity index (χ0n) is 42.6. The lowest BCUT2D eigenvalue weighted by atomic mass is 10.0. The first kappa shape index (κ1) is 59.1. The Morgan fingerprint density at radius 1 is 0.550 bits per heavy atom. The summed E-state index contributed by atoms with van der Waals surface area (Å²) < 4.78 is 42.0. The number of aryl methyl sites for hydroxylation is 3. The van der Waals surface area contributed by atoms with Gasteiger partial charge in [0.15, 0.2) is 15.4 Å². The van der Waals surface area contributed by atoms with Gasteiger partial charge < -0.3 is 37.4 Å². The molecule has 0 bridgehead atoms. The van der Waals surface area contributed by atoms with E-state index in [1.807, 2.05) is 51.2 Å². The predicted molar refractivity (Wildman–Crippen MR) is 326 cm³/mol. The van der Waals surface area contributed by atoms with Crippen LogP contribution >= 0.6 is 89.1 Å². The van der Waals surface area contributed by atoms with Crippen LogP contribution in [0.3, 0.4) is 0 Å². The molecule has 10 aromatic rings. The highest BCUT2D eigenvalue weighted by Gasteiger charge is 2.29. The van der Waals surface area contributed by atoms with E-state index in [0.717, 1.165) is 78.8 Å². The number of nitrogens with two attached hydrogens (primary N) is 2. The Morgan fingerprint density at radius 2 is 1.04 bits per heavy atom. The summed E-state index contributed by atoms with van der Waals surface area (Å²) in [4.78, 5) is 58.2. The third-order valence-electron chi connectivity index (χ3n) is 11.4. The smallest absolute Gasteiger partial charge is 0.256 e. The van der Waals surface area contributed by atoms with Crippen molar-refractivity contribution >= 4 is 133 Å². The molecule has 2 aliphatic carbocycles. The van der Waals surface area contributed by atoms with E-state index in [0.29, 0.717) is 37.1 Å². The molecule has 0 aliphatic heterocycles. The van der Waals surface area contributed by atoms with Crippen LogP contribution in [0.15, 0.2) is 141 Å². The summed E-state index contributed by atoms with van der Waals surface area (Å²) >= 11 is 23.0. The van der Waals surface area contributed by atoms with Crippen molar-refractivity contribution in [3.05, 3.63) is 205 Å². The number of pyridine rings is 5. The van der Waals surface area contributed by atoms with Crippen molar-refractivity contribution in [1.29, 1.82) is 0 Å². The Bertz CT molecular complexity index is 3860. The van der Waals surface area contributed by atoms with Gasteiger partial charge in [0.1, 0.15) is 23.3 Å². The van der Waals surface area contributed by atoms with Gasteiger partial charge in [-0.15, -0.1) is 34.0 Å². The van der Waals surface area contributed by atoms with Crippen LogP contribution in [0.25, 0.3) is 22.3 Å². The molecule has 0 amide bonds. The topological polar surface area (TPSA) is 231 Å². The summed E-state index contributed by atoms with van der Waals surface area (Å²) in [6.07, 6.45) is 14.3. The van der Waals surface area contributed by atoms with E-state index in [4.69, 9.17) is 34.7 Å². The molecule has 0 unspecified atom stereocenters. The molecule has 25 heteroatoms. The molecule has 2 aliphatic rings. The maximum Gasteiger partial charge on any atom is 0.256 e. The number of aromatic amines is 2. The summed E-state index contributed by atoms with van der Waals surface area (Å²) in [5.74, 6) is 0.607. The number of nitrogen functional groups attached to an aromatic ring is 2. The Labute approximate surface area is 495 Å². The van der Waals surface area contributed by atoms with Gasteiger partial charge in [-0.05, 0) is 119 Å². The van der Waals surface area contributed by atoms with E-state index < -0.39 is 17.6 Å². The Hall–Kier alpha value is -6.99. The summed E-state index contributed by atoms with van der Waals surface area (Å²) in [5.41, 5.74) is 14.9. The first-order chi connectivity index (χ1) is 38.3. The van der Waals surface area contributed by atoms with Crippen molar-refractivity contribution in [3.63, 3.8) is 0 Å². The molecule has 2 aromatic carbocycles. The van der Waals surface area contributed by atoms with Crippen LogP contribution in [0, 0.1) is 38.4 Å². The van der Waals surface area contributed by atoms with Crippen LogP contribution in [0.4, 0.5) is 57.3 Å². The quantitative estimate of drug-likeness (QED) is 0.0633. The Balaban J connectivity index is 0.000000148. The number of hydrogen-bond acceptors (Lipinski definition) is 16. The summed E-state index contributed by atoms with van der Waals surface area (Å²) in [5, 5.41) is 12.7. The van der Waals surface area contributed by atoms with Gasteiger partial charge in [-0.25, -0.2) is 38.7 Å². The number of halogens is 7. The number of H-pyrrole nitrogens is 2. The molecule has 0 atom stereocenters. The average Bonchev–Trinajstić information content (AvgIpc) is 4.38. The molecule has 0 saturated heterocycles. The fraction of sp³-hybridized carbons (Fsp3) is 0.164. The molecule has 8 aromatic heterocycles. The molecular weight excluding hydrogens is 1260 g/mol. The lowest BCUT2D eigenvalue weighted by molar-refractivity contribution is 0.583. The minimum absolute atomic E-state index is 0.167. The van der Waals surface area contributed by atoms with Gasteiger partial charge in [-0.1, -0.05) is 55.1 Å². The lowest BCUT2D eigenvalue weighted by Gasteiger charge is -2.14. The van der Waals surface area contributed by atoms with Gasteiger partial charge >= 0.3 is 0 Å². The van der Waals surface area contributed by atoms with E-state index >= 15 is 0 Å². The SMILES string of the molecule is Cc1cnc(N)s1.Cc1cnc(Nc2cc(Br)ccn2)s1.Cc1cnc(Nc2cc(Nc3cc(-c4cc(Cl)ccc4F)c(=O)[nH]c3C3CC3)ccn2)s1.Fc1cc(Br)ccn1.Nc1cc(-c2cc(Cl)ccc2F)c(=O)[nH]c1C1CC1. The molecule has 12 rings (SSSR count). The second-order valence-electron chi connectivity index (χ2n) is 17.8. The first-order valence-electron chi connectivity index (χ1n) is 24.2. The minimum atomic E-state index is -0.501. The van der Waals surface area contributed by atoms with Crippen LogP contribution in [0.5, 0.6) is 0 Å². The Morgan fingerprint density at radius 3 is 1.50 bits per heavy atom. The van der Waals surface area contributed by atoms with E-state index in [-0.39, 0.29) is 39.3 Å². The summed E-state index contributed by atoms with van der Waals surface area (Å²) in [7, 11) is 0. The third kappa shape index (κ3) is 17.3. The second-order valence-corrected chi connectivity index (χ2v) is 24.3. The number of nitrogens with one attached hydrogen (secondary N) is 5. The van der Waals surface area contributed by atoms with Crippen molar-refractivity contribution in [2.45, 2.75) is 58.3 Å². The van der Waals surface area contributed by atoms with Gasteiger partial charge in [0.05, 0.1) is 22.5 Å². The molecule has 80 heavy (non-hydrogen) atoms. The number of rotatable bonds is 10. The monoisotopic (exact) mass is 1300 g/mol. The summed E-state index contributed by atoms with van der Waals surface area (Å²) in [6.45, 7) is 6.00. The number of aromatic nitrogens is 8. The number of thiazole rings is 3. The maximum absolute atomic E-state index is 14.5. The molecular formula is C55H48Br2Cl2F3N13O2S3. The normalized spacial score (nSPS) is 12.3. The Kier molecular flexibility index (Phi) is 20.3. The highest BCUT2D eigenvalue weighted by molar-refractivity contribution is 9.10. The van der Waals surface area contributed by atoms with E-state index in [1.165, 1.54) is 70.9 Å². The van der Waals surface area contributed by atoms with Crippen molar-refractivity contribution in [2.24, 2.45) is 0 Å². The van der Waals surface area contributed by atoms with E-state index in [9.17, 15) is 22.8 Å². The predicted octanol–water partition coefficient (Wildman–Crippen LogP) is 16.0. The first-order valence-corrected chi connectivity index (χ1v) is 29.0.